The minimum Gasteiger partial charge on any atom is -0.302 e. The molecule has 0 amide bonds. The summed E-state index contributed by atoms with van der Waals surface area (Å²) in [5.41, 5.74) is 1.21. The van der Waals surface area contributed by atoms with Gasteiger partial charge in [-0.25, -0.2) is 9.97 Å². The van der Waals surface area contributed by atoms with Gasteiger partial charge in [-0.1, -0.05) is 25.7 Å². The maximum Gasteiger partial charge on any atom is 0.125 e. The van der Waals surface area contributed by atoms with Crippen molar-refractivity contribution in [3.8, 4) is 0 Å². The van der Waals surface area contributed by atoms with Gasteiger partial charge in [0, 0.05) is 24.5 Å². The SMILES string of the molecule is Cc1ncc(CN(C)CCCC2CCCC2)cn1. The highest BCUT2D eigenvalue weighted by atomic mass is 15.1. The number of aromatic nitrogens is 2. The van der Waals surface area contributed by atoms with Gasteiger partial charge in [0.05, 0.1) is 0 Å². The second kappa shape index (κ2) is 6.83. The van der Waals surface area contributed by atoms with E-state index < -0.39 is 0 Å². The van der Waals surface area contributed by atoms with E-state index in [-0.39, 0.29) is 0 Å². The first-order valence-electron chi connectivity index (χ1n) is 7.20. The number of hydrogen-bond donors (Lipinski definition) is 0. The van der Waals surface area contributed by atoms with Crippen molar-refractivity contribution in [3.05, 3.63) is 23.8 Å². The molecule has 0 saturated heterocycles. The van der Waals surface area contributed by atoms with Gasteiger partial charge >= 0.3 is 0 Å². The molecule has 0 spiro atoms. The molecule has 1 aliphatic rings. The maximum absolute atomic E-state index is 4.24. The molecule has 1 aliphatic carbocycles. The number of aryl methyl sites for hydroxylation is 1. The Morgan fingerprint density at radius 2 is 1.89 bits per heavy atom. The molecular formula is C15H25N3. The lowest BCUT2D eigenvalue weighted by Crippen LogP contribution is -2.20. The maximum atomic E-state index is 4.24. The first kappa shape index (κ1) is 13.5. The molecule has 0 radical (unpaired) electrons. The van der Waals surface area contributed by atoms with Crippen LogP contribution >= 0.6 is 0 Å². The normalized spacial score (nSPS) is 16.6. The van der Waals surface area contributed by atoms with Gasteiger partial charge in [-0.3, -0.25) is 0 Å². The van der Waals surface area contributed by atoms with Crippen molar-refractivity contribution in [2.24, 2.45) is 5.92 Å². The van der Waals surface area contributed by atoms with Gasteiger partial charge in [0.15, 0.2) is 0 Å². The molecular weight excluding hydrogens is 222 g/mol. The Morgan fingerprint density at radius 1 is 1.22 bits per heavy atom. The molecule has 1 aromatic heterocycles. The van der Waals surface area contributed by atoms with Gasteiger partial charge in [-0.15, -0.1) is 0 Å². The first-order valence-corrected chi connectivity index (χ1v) is 7.20. The number of rotatable bonds is 6. The Bertz CT molecular complexity index is 341. The highest BCUT2D eigenvalue weighted by Crippen LogP contribution is 2.28. The van der Waals surface area contributed by atoms with Crippen molar-refractivity contribution in [1.82, 2.24) is 14.9 Å². The summed E-state index contributed by atoms with van der Waals surface area (Å²) in [7, 11) is 2.19. The van der Waals surface area contributed by atoms with Crippen molar-refractivity contribution in [2.45, 2.75) is 52.0 Å². The summed E-state index contributed by atoms with van der Waals surface area (Å²) < 4.78 is 0. The zero-order chi connectivity index (χ0) is 12.8. The molecule has 0 unspecified atom stereocenters. The molecule has 18 heavy (non-hydrogen) atoms. The third-order valence-electron chi connectivity index (χ3n) is 3.91. The smallest absolute Gasteiger partial charge is 0.125 e. The van der Waals surface area contributed by atoms with Crippen LogP contribution in [0.1, 0.15) is 49.9 Å². The van der Waals surface area contributed by atoms with Crippen LogP contribution in [0.25, 0.3) is 0 Å². The summed E-state index contributed by atoms with van der Waals surface area (Å²) >= 11 is 0. The van der Waals surface area contributed by atoms with Crippen molar-refractivity contribution in [1.29, 1.82) is 0 Å². The topological polar surface area (TPSA) is 29.0 Å². The van der Waals surface area contributed by atoms with Crippen LogP contribution in [0.15, 0.2) is 12.4 Å². The molecule has 1 saturated carbocycles. The van der Waals surface area contributed by atoms with E-state index in [4.69, 9.17) is 0 Å². The van der Waals surface area contributed by atoms with Crippen LogP contribution in [0.3, 0.4) is 0 Å². The monoisotopic (exact) mass is 247 g/mol. The molecule has 1 aromatic rings. The largest absolute Gasteiger partial charge is 0.302 e. The predicted molar refractivity (Wildman–Crippen MR) is 74.3 cm³/mol. The first-order chi connectivity index (χ1) is 8.74. The lowest BCUT2D eigenvalue weighted by Gasteiger charge is -2.17. The fourth-order valence-electron chi connectivity index (χ4n) is 2.84. The summed E-state index contributed by atoms with van der Waals surface area (Å²) in [6, 6.07) is 0. The van der Waals surface area contributed by atoms with E-state index in [9.17, 15) is 0 Å². The van der Waals surface area contributed by atoms with Gasteiger partial charge in [0.2, 0.25) is 0 Å². The van der Waals surface area contributed by atoms with Crippen LogP contribution in [-0.4, -0.2) is 28.5 Å². The summed E-state index contributed by atoms with van der Waals surface area (Å²) in [6.45, 7) is 4.07. The van der Waals surface area contributed by atoms with E-state index in [0.29, 0.717) is 0 Å². The molecule has 1 heterocycles. The Balaban J connectivity index is 1.65. The molecule has 0 atom stereocenters. The average Bonchev–Trinajstić information content (AvgIpc) is 2.85. The summed E-state index contributed by atoms with van der Waals surface area (Å²) in [5, 5.41) is 0. The second-order valence-electron chi connectivity index (χ2n) is 5.67. The molecule has 3 nitrogen and oxygen atoms in total. The minimum atomic E-state index is 0.850. The highest BCUT2D eigenvalue weighted by molar-refractivity contribution is 5.04. The third-order valence-corrected chi connectivity index (χ3v) is 3.91. The molecule has 0 bridgehead atoms. The fourth-order valence-corrected chi connectivity index (χ4v) is 2.84. The van der Waals surface area contributed by atoms with Crippen LogP contribution in [0.2, 0.25) is 0 Å². The highest BCUT2D eigenvalue weighted by Gasteiger charge is 2.14. The summed E-state index contributed by atoms with van der Waals surface area (Å²) in [6.07, 6.45) is 12.5. The standard InChI is InChI=1S/C15H25N3/c1-13-16-10-15(11-17-13)12-18(2)9-5-8-14-6-3-4-7-14/h10-11,14H,3-9,12H2,1-2H3. The Kier molecular flexibility index (Phi) is 5.12. The predicted octanol–water partition coefficient (Wildman–Crippen LogP) is 3.19. The van der Waals surface area contributed by atoms with E-state index >= 15 is 0 Å². The lowest BCUT2D eigenvalue weighted by atomic mass is 10.0. The number of hydrogen-bond acceptors (Lipinski definition) is 3. The molecule has 100 valence electrons. The van der Waals surface area contributed by atoms with Gasteiger partial charge < -0.3 is 4.90 Å². The minimum absolute atomic E-state index is 0.850. The second-order valence-corrected chi connectivity index (χ2v) is 5.67. The molecule has 1 fully saturated rings. The molecule has 0 aromatic carbocycles. The van der Waals surface area contributed by atoms with Crippen LogP contribution in [-0.2, 0) is 6.54 Å². The third kappa shape index (κ3) is 4.37. The molecule has 0 N–H and O–H groups in total. The molecule has 3 heteroatoms. The fraction of sp³-hybridized carbons (Fsp3) is 0.733. The van der Waals surface area contributed by atoms with E-state index in [2.05, 4.69) is 21.9 Å². The van der Waals surface area contributed by atoms with E-state index in [1.807, 2.05) is 19.3 Å². The van der Waals surface area contributed by atoms with Crippen molar-refractivity contribution in [3.63, 3.8) is 0 Å². The van der Waals surface area contributed by atoms with Gasteiger partial charge in [0.1, 0.15) is 5.82 Å². The zero-order valence-corrected chi connectivity index (χ0v) is 11.7. The van der Waals surface area contributed by atoms with Crippen LogP contribution in [0.5, 0.6) is 0 Å². The van der Waals surface area contributed by atoms with Crippen LogP contribution in [0, 0.1) is 12.8 Å². The van der Waals surface area contributed by atoms with Crippen LogP contribution in [0.4, 0.5) is 0 Å². The Hall–Kier alpha value is -0.960. The molecule has 0 aliphatic heterocycles. The summed E-state index contributed by atoms with van der Waals surface area (Å²) in [4.78, 5) is 10.9. The lowest BCUT2D eigenvalue weighted by molar-refractivity contribution is 0.305. The van der Waals surface area contributed by atoms with E-state index in [0.717, 1.165) is 18.3 Å². The quantitative estimate of drug-likeness (QED) is 0.773. The molecule has 2 rings (SSSR count). The van der Waals surface area contributed by atoms with Gasteiger partial charge in [-0.2, -0.15) is 0 Å². The Labute approximate surface area is 111 Å². The van der Waals surface area contributed by atoms with Crippen molar-refractivity contribution < 1.29 is 0 Å². The van der Waals surface area contributed by atoms with E-state index in [1.165, 1.54) is 50.6 Å². The van der Waals surface area contributed by atoms with Gasteiger partial charge in [0.25, 0.3) is 0 Å². The van der Waals surface area contributed by atoms with E-state index in [1.54, 1.807) is 0 Å². The van der Waals surface area contributed by atoms with Crippen molar-refractivity contribution >= 4 is 0 Å². The summed E-state index contributed by atoms with van der Waals surface area (Å²) in [5.74, 6) is 1.86. The van der Waals surface area contributed by atoms with Gasteiger partial charge in [-0.05, 0) is 39.3 Å². The van der Waals surface area contributed by atoms with Crippen LogP contribution < -0.4 is 0 Å². The van der Waals surface area contributed by atoms with Crippen molar-refractivity contribution in [2.75, 3.05) is 13.6 Å². The number of nitrogens with zero attached hydrogens (tertiary/aromatic N) is 3. The average molecular weight is 247 g/mol. The zero-order valence-electron chi connectivity index (χ0n) is 11.7. The Morgan fingerprint density at radius 3 is 2.56 bits per heavy atom.